The lowest BCUT2D eigenvalue weighted by Crippen LogP contribution is -1.98. The molecule has 0 radical (unpaired) electrons. The van der Waals surface area contributed by atoms with Crippen molar-refractivity contribution >= 4 is 5.97 Å². The average Bonchev–Trinajstić information content (AvgIpc) is 2.81. The molecule has 19 heavy (non-hydrogen) atoms. The molecule has 0 spiro atoms. The molecule has 1 heterocycles. The molecule has 5 nitrogen and oxygen atoms in total. The zero-order valence-electron chi connectivity index (χ0n) is 11.1. The molecule has 100 valence electrons. The van der Waals surface area contributed by atoms with Gasteiger partial charge in [-0.15, -0.1) is 0 Å². The summed E-state index contributed by atoms with van der Waals surface area (Å²) in [5, 5.41) is 12.2. The fourth-order valence-corrected chi connectivity index (χ4v) is 1.72. The van der Waals surface area contributed by atoms with Crippen molar-refractivity contribution in [2.24, 2.45) is 0 Å². The normalized spacial score (nSPS) is 10.5. The molecule has 0 saturated heterocycles. The zero-order valence-corrected chi connectivity index (χ0v) is 11.1. The highest BCUT2D eigenvalue weighted by atomic mass is 16.5. The lowest BCUT2D eigenvalue weighted by atomic mass is 10.1. The van der Waals surface area contributed by atoms with Crippen LogP contribution in [0.2, 0.25) is 0 Å². The van der Waals surface area contributed by atoms with Gasteiger partial charge >= 0.3 is 5.97 Å². The van der Waals surface area contributed by atoms with E-state index in [-0.39, 0.29) is 12.3 Å². The second-order valence-corrected chi connectivity index (χ2v) is 4.47. The number of aryl methyl sites for hydroxylation is 3. The largest absolute Gasteiger partial charge is 0.485 e. The van der Waals surface area contributed by atoms with Gasteiger partial charge in [-0.25, -0.2) is 4.79 Å². The molecule has 0 bridgehead atoms. The van der Waals surface area contributed by atoms with Gasteiger partial charge in [-0.3, -0.25) is 0 Å². The Hall–Kier alpha value is -2.30. The second kappa shape index (κ2) is 5.14. The maximum absolute atomic E-state index is 10.7. The highest BCUT2D eigenvalue weighted by molar-refractivity contribution is 5.85. The van der Waals surface area contributed by atoms with Crippen LogP contribution < -0.4 is 4.74 Å². The van der Waals surface area contributed by atoms with Crippen molar-refractivity contribution in [2.45, 2.75) is 27.4 Å². The van der Waals surface area contributed by atoms with Gasteiger partial charge < -0.3 is 14.4 Å². The van der Waals surface area contributed by atoms with E-state index in [0.717, 1.165) is 16.9 Å². The predicted octanol–water partition coefficient (Wildman–Crippen LogP) is 2.88. The lowest BCUT2D eigenvalue weighted by molar-refractivity contribution is 0.0685. The van der Waals surface area contributed by atoms with Crippen LogP contribution in [0.1, 0.15) is 32.9 Å². The first-order valence-corrected chi connectivity index (χ1v) is 5.87. The third-order valence-corrected chi connectivity index (χ3v) is 2.94. The summed E-state index contributed by atoms with van der Waals surface area (Å²) in [4.78, 5) is 10.7. The number of aromatic nitrogens is 1. The summed E-state index contributed by atoms with van der Waals surface area (Å²) < 4.78 is 10.5. The van der Waals surface area contributed by atoms with E-state index in [0.29, 0.717) is 5.76 Å². The van der Waals surface area contributed by atoms with Gasteiger partial charge in [0.25, 0.3) is 0 Å². The van der Waals surface area contributed by atoms with Gasteiger partial charge in [-0.05, 0) is 43.5 Å². The Morgan fingerprint density at radius 2 is 1.89 bits per heavy atom. The smallest absolute Gasteiger partial charge is 0.358 e. The fraction of sp³-hybridized carbons (Fsp3) is 0.286. The van der Waals surface area contributed by atoms with Crippen LogP contribution in [-0.2, 0) is 6.61 Å². The van der Waals surface area contributed by atoms with Crippen molar-refractivity contribution in [3.63, 3.8) is 0 Å². The minimum Gasteiger partial charge on any atom is -0.485 e. The first-order valence-electron chi connectivity index (χ1n) is 5.87. The van der Waals surface area contributed by atoms with Crippen LogP contribution in [0.4, 0.5) is 0 Å². The summed E-state index contributed by atoms with van der Waals surface area (Å²) in [6.45, 7) is 6.18. The first kappa shape index (κ1) is 13.1. The topological polar surface area (TPSA) is 72.6 Å². The van der Waals surface area contributed by atoms with E-state index >= 15 is 0 Å². The zero-order chi connectivity index (χ0) is 14.0. The number of hydrogen-bond donors (Lipinski definition) is 1. The molecule has 0 aliphatic heterocycles. The number of hydrogen-bond acceptors (Lipinski definition) is 4. The highest BCUT2D eigenvalue weighted by Gasteiger charge is 2.11. The van der Waals surface area contributed by atoms with Crippen molar-refractivity contribution in [1.29, 1.82) is 0 Å². The molecule has 1 aromatic carbocycles. The molecule has 0 unspecified atom stereocenters. The number of carbonyl (C=O) groups is 1. The molecule has 0 fully saturated rings. The number of aromatic carboxylic acids is 1. The van der Waals surface area contributed by atoms with Crippen molar-refractivity contribution < 1.29 is 19.2 Å². The first-order chi connectivity index (χ1) is 8.97. The van der Waals surface area contributed by atoms with Crippen molar-refractivity contribution in [3.05, 3.63) is 46.3 Å². The van der Waals surface area contributed by atoms with Gasteiger partial charge in [0.05, 0.1) is 0 Å². The van der Waals surface area contributed by atoms with E-state index in [1.165, 1.54) is 11.6 Å². The van der Waals surface area contributed by atoms with Crippen molar-refractivity contribution in [2.75, 3.05) is 0 Å². The molecule has 1 aromatic heterocycles. The fourth-order valence-electron chi connectivity index (χ4n) is 1.72. The van der Waals surface area contributed by atoms with Crippen LogP contribution in [0.15, 0.2) is 22.7 Å². The summed E-state index contributed by atoms with van der Waals surface area (Å²) in [6.07, 6.45) is 0. The predicted molar refractivity (Wildman–Crippen MR) is 68.4 cm³/mol. The van der Waals surface area contributed by atoms with E-state index in [9.17, 15) is 4.79 Å². The Morgan fingerprint density at radius 1 is 1.21 bits per heavy atom. The molecular weight excluding hydrogens is 246 g/mol. The van der Waals surface area contributed by atoms with Crippen LogP contribution >= 0.6 is 0 Å². The van der Waals surface area contributed by atoms with Crippen LogP contribution in [0.3, 0.4) is 0 Å². The number of benzene rings is 1. The molecule has 0 aliphatic rings. The molecular formula is C14H15NO4. The number of ether oxygens (including phenoxy) is 1. The number of rotatable bonds is 4. The molecule has 2 aromatic rings. The molecule has 0 amide bonds. The molecule has 0 atom stereocenters. The average molecular weight is 261 g/mol. The number of nitrogens with zero attached hydrogens (tertiary/aromatic N) is 1. The van der Waals surface area contributed by atoms with Gasteiger partial charge in [-0.2, -0.15) is 0 Å². The van der Waals surface area contributed by atoms with Gasteiger partial charge in [0.15, 0.2) is 11.5 Å². The van der Waals surface area contributed by atoms with Crippen LogP contribution in [0.25, 0.3) is 0 Å². The van der Waals surface area contributed by atoms with E-state index in [2.05, 4.69) is 5.16 Å². The van der Waals surface area contributed by atoms with E-state index in [4.69, 9.17) is 14.4 Å². The van der Waals surface area contributed by atoms with Crippen molar-refractivity contribution in [1.82, 2.24) is 5.16 Å². The molecule has 5 heteroatoms. The Morgan fingerprint density at radius 3 is 2.53 bits per heavy atom. The molecule has 0 saturated carbocycles. The Bertz CT molecular complexity index is 616. The minimum atomic E-state index is -1.11. The Balaban J connectivity index is 2.09. The quantitative estimate of drug-likeness (QED) is 0.916. The van der Waals surface area contributed by atoms with Crippen molar-refractivity contribution in [3.8, 4) is 5.75 Å². The standard InChI is InChI=1S/C14H15NO4/c1-8-4-10(3)13(5-9(8)2)18-7-11-6-12(14(16)17)15-19-11/h4-6H,7H2,1-3H3,(H,16,17). The van der Waals surface area contributed by atoms with E-state index in [1.54, 1.807) is 0 Å². The SMILES string of the molecule is Cc1cc(C)c(OCc2cc(C(=O)O)no2)cc1C. The molecule has 1 N–H and O–H groups in total. The summed E-state index contributed by atoms with van der Waals surface area (Å²) in [5.41, 5.74) is 3.26. The second-order valence-electron chi connectivity index (χ2n) is 4.47. The number of carboxylic acids is 1. The monoisotopic (exact) mass is 261 g/mol. The Labute approximate surface area is 110 Å². The van der Waals surface area contributed by atoms with Crippen LogP contribution in [-0.4, -0.2) is 16.2 Å². The third kappa shape index (κ3) is 2.93. The molecule has 0 aliphatic carbocycles. The summed E-state index contributed by atoms with van der Waals surface area (Å²) >= 11 is 0. The summed E-state index contributed by atoms with van der Waals surface area (Å²) in [7, 11) is 0. The van der Waals surface area contributed by atoms with E-state index < -0.39 is 5.97 Å². The maximum atomic E-state index is 10.7. The van der Waals surface area contributed by atoms with Gasteiger partial charge in [0.1, 0.15) is 12.4 Å². The molecule has 2 rings (SSSR count). The highest BCUT2D eigenvalue weighted by Crippen LogP contribution is 2.23. The van der Waals surface area contributed by atoms with Gasteiger partial charge in [0, 0.05) is 6.07 Å². The minimum absolute atomic E-state index is 0.115. The van der Waals surface area contributed by atoms with Crippen LogP contribution in [0, 0.1) is 20.8 Å². The van der Waals surface area contributed by atoms with Crippen LogP contribution in [0.5, 0.6) is 5.75 Å². The Kier molecular flexibility index (Phi) is 3.55. The lowest BCUT2D eigenvalue weighted by Gasteiger charge is -2.10. The maximum Gasteiger partial charge on any atom is 0.358 e. The third-order valence-electron chi connectivity index (χ3n) is 2.94. The summed E-state index contributed by atoms with van der Waals surface area (Å²) in [6, 6.07) is 5.37. The van der Waals surface area contributed by atoms with Gasteiger partial charge in [-0.1, -0.05) is 11.2 Å². The number of carboxylic acid groups (broad SMARTS) is 1. The van der Waals surface area contributed by atoms with E-state index in [1.807, 2.05) is 32.9 Å². The van der Waals surface area contributed by atoms with Gasteiger partial charge in [0.2, 0.25) is 0 Å². The summed E-state index contributed by atoms with van der Waals surface area (Å²) in [5.74, 6) is 0.0313.